The standard InChI is InChI=1S/C13H20N2/c1-2-3-4-10(15-14)13-11-8-5-6-9(7-8)12(11)13/h8-13,15H,4-7,14H2,1H3. The van der Waals surface area contributed by atoms with Crippen molar-refractivity contribution in [2.75, 3.05) is 0 Å². The van der Waals surface area contributed by atoms with E-state index in [4.69, 9.17) is 5.84 Å². The summed E-state index contributed by atoms with van der Waals surface area (Å²) < 4.78 is 0. The minimum atomic E-state index is 0.454. The average Bonchev–Trinajstić information content (AvgIpc) is 2.70. The minimum absolute atomic E-state index is 0.454. The fourth-order valence-electron chi connectivity index (χ4n) is 4.45. The molecule has 5 unspecified atom stereocenters. The van der Waals surface area contributed by atoms with Crippen LogP contribution < -0.4 is 11.3 Å². The van der Waals surface area contributed by atoms with E-state index >= 15 is 0 Å². The van der Waals surface area contributed by atoms with Crippen LogP contribution in [0.5, 0.6) is 0 Å². The number of fused-ring (bicyclic) bond motifs is 5. The molecule has 3 saturated carbocycles. The molecular formula is C13H20N2. The molecule has 0 aromatic heterocycles. The van der Waals surface area contributed by atoms with E-state index in [0.29, 0.717) is 6.04 Å². The first-order valence-corrected chi connectivity index (χ1v) is 6.22. The van der Waals surface area contributed by atoms with Gasteiger partial charge in [-0.1, -0.05) is 0 Å². The van der Waals surface area contributed by atoms with Crippen LogP contribution in [0.15, 0.2) is 0 Å². The van der Waals surface area contributed by atoms with E-state index in [1.165, 1.54) is 19.3 Å². The number of hydrazine groups is 1. The van der Waals surface area contributed by atoms with Gasteiger partial charge in [-0.05, 0) is 55.8 Å². The molecule has 2 nitrogen and oxygen atoms in total. The molecule has 0 heterocycles. The number of hydrogen-bond acceptors (Lipinski definition) is 2. The van der Waals surface area contributed by atoms with E-state index in [2.05, 4.69) is 17.3 Å². The largest absolute Gasteiger partial charge is 0.271 e. The molecule has 0 saturated heterocycles. The maximum Gasteiger partial charge on any atom is 0.0353 e. The molecule has 3 aliphatic rings. The van der Waals surface area contributed by atoms with Crippen LogP contribution in [0.4, 0.5) is 0 Å². The van der Waals surface area contributed by atoms with Crippen LogP contribution in [0.1, 0.15) is 32.6 Å². The van der Waals surface area contributed by atoms with E-state index in [-0.39, 0.29) is 0 Å². The van der Waals surface area contributed by atoms with Crippen molar-refractivity contribution in [3.63, 3.8) is 0 Å². The summed E-state index contributed by atoms with van der Waals surface area (Å²) in [6, 6.07) is 0.454. The molecule has 15 heavy (non-hydrogen) atoms. The van der Waals surface area contributed by atoms with Crippen LogP contribution in [0.2, 0.25) is 0 Å². The summed E-state index contributed by atoms with van der Waals surface area (Å²) in [5, 5.41) is 0. The van der Waals surface area contributed by atoms with Crippen LogP contribution in [0.25, 0.3) is 0 Å². The molecule has 0 aromatic carbocycles. The van der Waals surface area contributed by atoms with Crippen LogP contribution in [-0.4, -0.2) is 6.04 Å². The van der Waals surface area contributed by atoms with E-state index in [1.807, 2.05) is 6.92 Å². The molecule has 3 N–H and O–H groups in total. The van der Waals surface area contributed by atoms with Crippen molar-refractivity contribution in [2.24, 2.45) is 35.4 Å². The third kappa shape index (κ3) is 1.33. The highest BCUT2D eigenvalue weighted by atomic mass is 15.2. The van der Waals surface area contributed by atoms with Crippen LogP contribution in [0, 0.1) is 41.4 Å². The Morgan fingerprint density at radius 2 is 2.00 bits per heavy atom. The van der Waals surface area contributed by atoms with Gasteiger partial charge in [0.15, 0.2) is 0 Å². The van der Waals surface area contributed by atoms with Gasteiger partial charge in [0.2, 0.25) is 0 Å². The van der Waals surface area contributed by atoms with Gasteiger partial charge in [0, 0.05) is 12.5 Å². The molecule has 2 heteroatoms. The topological polar surface area (TPSA) is 38.0 Å². The maximum atomic E-state index is 5.65. The number of rotatable bonds is 3. The Morgan fingerprint density at radius 1 is 1.33 bits per heavy atom. The SMILES string of the molecule is CC#CCC(NN)C1C2C3CCC(C3)C21. The highest BCUT2D eigenvalue weighted by Gasteiger charge is 2.66. The fourth-order valence-corrected chi connectivity index (χ4v) is 4.45. The van der Waals surface area contributed by atoms with Crippen molar-refractivity contribution in [3.05, 3.63) is 0 Å². The van der Waals surface area contributed by atoms with Crippen molar-refractivity contribution in [2.45, 2.75) is 38.6 Å². The maximum absolute atomic E-state index is 5.65. The van der Waals surface area contributed by atoms with Gasteiger partial charge in [0.25, 0.3) is 0 Å². The average molecular weight is 204 g/mol. The molecular weight excluding hydrogens is 184 g/mol. The van der Waals surface area contributed by atoms with Crippen LogP contribution >= 0.6 is 0 Å². The molecule has 3 aliphatic carbocycles. The van der Waals surface area contributed by atoms with Gasteiger partial charge in [-0.3, -0.25) is 11.3 Å². The molecule has 5 atom stereocenters. The normalized spacial score (nSPS) is 46.9. The highest BCUT2D eigenvalue weighted by molar-refractivity contribution is 5.17. The second-order valence-electron chi connectivity index (χ2n) is 5.47. The Hall–Kier alpha value is -0.520. The first kappa shape index (κ1) is 9.69. The van der Waals surface area contributed by atoms with Crippen molar-refractivity contribution < 1.29 is 0 Å². The Balaban J connectivity index is 1.66. The zero-order chi connectivity index (χ0) is 10.4. The van der Waals surface area contributed by atoms with Gasteiger partial charge in [-0.15, -0.1) is 11.8 Å². The van der Waals surface area contributed by atoms with Crippen LogP contribution in [0.3, 0.4) is 0 Å². The quantitative estimate of drug-likeness (QED) is 0.415. The van der Waals surface area contributed by atoms with Crippen molar-refractivity contribution >= 4 is 0 Å². The molecule has 0 spiro atoms. The third-order valence-corrected chi connectivity index (χ3v) is 4.97. The lowest BCUT2D eigenvalue weighted by Gasteiger charge is -2.17. The summed E-state index contributed by atoms with van der Waals surface area (Å²) in [6.07, 6.45) is 5.42. The molecule has 0 radical (unpaired) electrons. The summed E-state index contributed by atoms with van der Waals surface area (Å²) in [6.45, 7) is 1.91. The van der Waals surface area contributed by atoms with E-state index in [0.717, 1.165) is 36.0 Å². The Labute approximate surface area is 92.0 Å². The van der Waals surface area contributed by atoms with Gasteiger partial charge in [0.05, 0.1) is 0 Å². The lowest BCUT2D eigenvalue weighted by Crippen LogP contribution is -2.38. The van der Waals surface area contributed by atoms with E-state index < -0.39 is 0 Å². The van der Waals surface area contributed by atoms with Gasteiger partial charge < -0.3 is 0 Å². The van der Waals surface area contributed by atoms with Gasteiger partial charge >= 0.3 is 0 Å². The minimum Gasteiger partial charge on any atom is -0.271 e. The lowest BCUT2D eigenvalue weighted by atomic mass is 9.96. The smallest absolute Gasteiger partial charge is 0.0353 e. The summed E-state index contributed by atoms with van der Waals surface area (Å²) >= 11 is 0. The monoisotopic (exact) mass is 204 g/mol. The molecule has 82 valence electrons. The first-order valence-electron chi connectivity index (χ1n) is 6.22. The summed E-state index contributed by atoms with van der Waals surface area (Å²) in [5.74, 6) is 16.7. The molecule has 0 aromatic rings. The van der Waals surface area contributed by atoms with Crippen molar-refractivity contribution in [1.82, 2.24) is 5.43 Å². The second kappa shape index (κ2) is 3.50. The fraction of sp³-hybridized carbons (Fsp3) is 0.846. The number of hydrogen-bond donors (Lipinski definition) is 2. The Morgan fingerprint density at radius 3 is 2.53 bits per heavy atom. The number of nitrogens with one attached hydrogen (secondary N) is 1. The number of nitrogens with two attached hydrogens (primary N) is 1. The summed E-state index contributed by atoms with van der Waals surface area (Å²) in [5.41, 5.74) is 2.99. The molecule has 0 amide bonds. The lowest BCUT2D eigenvalue weighted by molar-refractivity contribution is 0.371. The predicted molar refractivity (Wildman–Crippen MR) is 60.5 cm³/mol. The zero-order valence-electron chi connectivity index (χ0n) is 9.37. The zero-order valence-corrected chi connectivity index (χ0v) is 9.37. The third-order valence-electron chi connectivity index (χ3n) is 4.97. The Bertz CT molecular complexity index is 298. The van der Waals surface area contributed by atoms with Gasteiger partial charge in [0.1, 0.15) is 0 Å². The first-order chi connectivity index (χ1) is 7.36. The molecule has 3 fully saturated rings. The van der Waals surface area contributed by atoms with Crippen LogP contribution in [-0.2, 0) is 0 Å². The summed E-state index contributed by atoms with van der Waals surface area (Å²) in [4.78, 5) is 0. The molecule has 2 bridgehead atoms. The highest BCUT2D eigenvalue weighted by Crippen LogP contribution is 2.70. The van der Waals surface area contributed by atoms with E-state index in [1.54, 1.807) is 0 Å². The van der Waals surface area contributed by atoms with Gasteiger partial charge in [-0.2, -0.15) is 0 Å². The van der Waals surface area contributed by atoms with E-state index in [9.17, 15) is 0 Å². The van der Waals surface area contributed by atoms with Crippen molar-refractivity contribution in [1.29, 1.82) is 0 Å². The molecule has 3 rings (SSSR count). The Kier molecular flexibility index (Phi) is 2.26. The predicted octanol–water partition coefficient (Wildman–Crippen LogP) is 1.52. The van der Waals surface area contributed by atoms with Crippen molar-refractivity contribution in [3.8, 4) is 11.8 Å². The van der Waals surface area contributed by atoms with Gasteiger partial charge in [-0.25, -0.2) is 0 Å². The summed E-state index contributed by atoms with van der Waals surface area (Å²) in [7, 11) is 0. The molecule has 0 aliphatic heterocycles. The second-order valence-corrected chi connectivity index (χ2v) is 5.47.